The monoisotopic (exact) mass is 990 g/mol. The number of fused-ring (bicyclic) bond motifs is 12. The molecule has 0 amide bonds. The molecule has 2 saturated carbocycles. The summed E-state index contributed by atoms with van der Waals surface area (Å²) in [5.74, 6) is 0. The summed E-state index contributed by atoms with van der Waals surface area (Å²) in [4.78, 5) is 8.18. The summed E-state index contributed by atoms with van der Waals surface area (Å²) >= 11 is 0. The summed E-state index contributed by atoms with van der Waals surface area (Å²) in [6.45, 7) is 34.1. The average molecular weight is 990 g/mol. The number of hydrogen-bond acceptors (Lipinski definition) is 4. The van der Waals surface area contributed by atoms with Crippen LogP contribution in [-0.2, 0) is 37.9 Å². The van der Waals surface area contributed by atoms with Gasteiger partial charge in [-0.3, -0.25) is 0 Å². The summed E-state index contributed by atoms with van der Waals surface area (Å²) in [5.41, 5.74) is 25.3. The van der Waals surface area contributed by atoms with Crippen LogP contribution in [0.3, 0.4) is 0 Å². The van der Waals surface area contributed by atoms with Crippen LogP contribution in [0.5, 0.6) is 0 Å². The Hall–Kier alpha value is -5.68. The minimum atomic E-state index is -0.135. The van der Waals surface area contributed by atoms with E-state index in [1.807, 2.05) is 0 Å². The third-order valence-electron chi connectivity index (χ3n) is 21.8. The molecule has 2 atom stereocenters. The summed E-state index contributed by atoms with van der Waals surface area (Å²) in [6, 6.07) is 44.4. The molecule has 0 saturated heterocycles. The predicted molar refractivity (Wildman–Crippen MR) is 319 cm³/mol. The van der Waals surface area contributed by atoms with E-state index in [0.29, 0.717) is 0 Å². The van der Waals surface area contributed by atoms with E-state index in [2.05, 4.69) is 221 Å². The molecule has 384 valence electrons. The Morgan fingerprint density at radius 2 is 1.00 bits per heavy atom. The molecule has 4 heterocycles. The van der Waals surface area contributed by atoms with Crippen molar-refractivity contribution < 1.29 is 4.42 Å². The number of anilines is 8. The average Bonchev–Trinajstić information content (AvgIpc) is 3.87. The van der Waals surface area contributed by atoms with Crippen molar-refractivity contribution in [2.45, 2.75) is 205 Å². The number of hydrogen-bond donors (Lipinski definition) is 0. The molecular formula is C70H80BN3O. The predicted octanol–water partition coefficient (Wildman–Crippen LogP) is 17.3. The fourth-order valence-electron chi connectivity index (χ4n) is 16.5. The molecule has 0 radical (unpaired) electrons. The second-order valence-electron chi connectivity index (χ2n) is 29.3. The fourth-order valence-corrected chi connectivity index (χ4v) is 16.5. The van der Waals surface area contributed by atoms with Gasteiger partial charge in [-0.2, -0.15) is 0 Å². The molecule has 3 aliphatic heterocycles. The maximum atomic E-state index is 7.81. The van der Waals surface area contributed by atoms with Gasteiger partial charge < -0.3 is 19.1 Å². The van der Waals surface area contributed by atoms with Crippen LogP contribution >= 0.6 is 0 Å². The highest BCUT2D eigenvalue weighted by Gasteiger charge is 2.59. The Kier molecular flexibility index (Phi) is 9.60. The van der Waals surface area contributed by atoms with E-state index in [4.69, 9.17) is 4.42 Å². The quantitative estimate of drug-likeness (QED) is 0.165. The first-order chi connectivity index (χ1) is 35.4. The first kappa shape index (κ1) is 47.8. The van der Waals surface area contributed by atoms with Gasteiger partial charge in [-0.1, -0.05) is 151 Å². The van der Waals surface area contributed by atoms with Gasteiger partial charge in [-0.15, -0.1) is 0 Å². The Morgan fingerprint density at radius 1 is 0.467 bits per heavy atom. The van der Waals surface area contributed by atoms with Gasteiger partial charge in [0.05, 0.1) is 16.9 Å². The maximum Gasteiger partial charge on any atom is 0.297 e. The van der Waals surface area contributed by atoms with Gasteiger partial charge in [0.25, 0.3) is 6.71 Å². The van der Waals surface area contributed by atoms with Crippen molar-refractivity contribution in [3.05, 3.63) is 148 Å². The molecule has 0 N–H and O–H groups in total. The van der Waals surface area contributed by atoms with Crippen molar-refractivity contribution in [2.24, 2.45) is 0 Å². The van der Waals surface area contributed by atoms with Crippen molar-refractivity contribution in [3.63, 3.8) is 0 Å². The zero-order valence-corrected chi connectivity index (χ0v) is 47.8. The van der Waals surface area contributed by atoms with Gasteiger partial charge >= 0.3 is 0 Å². The molecule has 1 aromatic heterocycles. The van der Waals surface area contributed by atoms with Gasteiger partial charge in [0.15, 0.2) is 0 Å². The second kappa shape index (κ2) is 15.1. The summed E-state index contributed by atoms with van der Waals surface area (Å²) in [6.07, 6.45) is 12.1. The highest BCUT2D eigenvalue weighted by atomic mass is 16.3. The van der Waals surface area contributed by atoms with Crippen molar-refractivity contribution in [1.29, 1.82) is 0 Å². The summed E-state index contributed by atoms with van der Waals surface area (Å²) in [7, 11) is 0. The molecule has 8 aliphatic rings. The van der Waals surface area contributed by atoms with E-state index in [1.54, 1.807) is 5.56 Å². The highest BCUT2D eigenvalue weighted by molar-refractivity contribution is 7.00. The lowest BCUT2D eigenvalue weighted by Crippen LogP contribution is -2.61. The lowest BCUT2D eigenvalue weighted by Gasteiger charge is -2.52. The molecule has 2 fully saturated rings. The normalized spacial score (nSPS) is 26.6. The van der Waals surface area contributed by atoms with E-state index in [0.717, 1.165) is 30.5 Å². The molecule has 6 aromatic carbocycles. The first-order valence-corrected chi connectivity index (χ1v) is 29.0. The van der Waals surface area contributed by atoms with Crippen molar-refractivity contribution in [1.82, 2.24) is 0 Å². The SMILES string of the molecule is CC(C)(C)c1ccc(N2c3cc4c(cc3B3c5oc6cc7c(cc6c5N(c5ccc(C(C)(C)C)cc5)c5cc(N6c8ccccc8C8(C)CCCCC68C)cc2c53)C2(C)CCC7(C)CC2)C(C)(C)CCC4(C)C)cc1. The molecule has 5 aliphatic carbocycles. The smallest absolute Gasteiger partial charge is 0.297 e. The van der Waals surface area contributed by atoms with Gasteiger partial charge in [-0.25, -0.2) is 0 Å². The van der Waals surface area contributed by atoms with E-state index in [9.17, 15) is 0 Å². The van der Waals surface area contributed by atoms with Gasteiger partial charge in [-0.05, 0) is 201 Å². The van der Waals surface area contributed by atoms with Crippen molar-refractivity contribution >= 4 is 79.8 Å². The highest BCUT2D eigenvalue weighted by Crippen LogP contribution is 2.63. The zero-order chi connectivity index (χ0) is 52.4. The minimum Gasteiger partial charge on any atom is -0.468 e. The van der Waals surface area contributed by atoms with Crippen LogP contribution < -0.4 is 31.3 Å². The van der Waals surface area contributed by atoms with Crippen molar-refractivity contribution in [2.75, 3.05) is 14.7 Å². The van der Waals surface area contributed by atoms with Crippen LogP contribution in [0, 0.1) is 0 Å². The Bertz CT molecular complexity index is 3550. The lowest BCUT2D eigenvalue weighted by atomic mass is 9.35. The van der Waals surface area contributed by atoms with Gasteiger partial charge in [0.2, 0.25) is 0 Å². The summed E-state index contributed by atoms with van der Waals surface area (Å²) in [5, 5.41) is 1.25. The van der Waals surface area contributed by atoms with Gasteiger partial charge in [0.1, 0.15) is 5.58 Å². The third kappa shape index (κ3) is 6.42. The molecule has 2 bridgehead atoms. The molecule has 5 heteroatoms. The van der Waals surface area contributed by atoms with E-state index in [-0.39, 0.29) is 50.2 Å². The molecule has 2 unspecified atom stereocenters. The molecule has 15 rings (SSSR count). The Balaban J connectivity index is 1.14. The summed E-state index contributed by atoms with van der Waals surface area (Å²) < 4.78 is 7.81. The Morgan fingerprint density at radius 3 is 1.60 bits per heavy atom. The zero-order valence-electron chi connectivity index (χ0n) is 47.8. The Labute approximate surface area is 449 Å². The third-order valence-corrected chi connectivity index (χ3v) is 21.8. The fraction of sp³-hybridized carbons (Fsp3) is 0.457. The first-order valence-electron chi connectivity index (χ1n) is 29.0. The van der Waals surface area contributed by atoms with Gasteiger partial charge in [0, 0.05) is 50.6 Å². The maximum absolute atomic E-state index is 7.81. The van der Waals surface area contributed by atoms with Crippen LogP contribution in [0.4, 0.5) is 45.5 Å². The van der Waals surface area contributed by atoms with E-state index < -0.39 is 0 Å². The number of para-hydroxylation sites is 1. The van der Waals surface area contributed by atoms with Crippen LogP contribution in [-0.4, -0.2) is 12.3 Å². The van der Waals surface area contributed by atoms with Crippen molar-refractivity contribution in [3.8, 4) is 0 Å². The molecule has 0 spiro atoms. The number of benzene rings is 6. The van der Waals surface area contributed by atoms with Crippen LogP contribution in [0.25, 0.3) is 11.0 Å². The standard InChI is InChI=1S/C70H80BN3O/c1-63(2,3)43-21-25-45(26-22-43)72-56-41-51-50(65(7,8)31-32-66(51,9)10)40-54(56)71-60-57(72)37-47(74-55-20-16-15-19-49(55)69(13)29-17-18-30-70(69,74)14)38-58(60)73(46-27-23-44(24-28-46)64(4,5)6)61-48-39-52-53(42-59(48)75-62(61)71)68(12)35-33-67(52,11)34-36-68/h15-16,19-28,37-42H,17-18,29-36H2,1-14H3. The van der Waals surface area contributed by atoms with E-state index >= 15 is 0 Å². The lowest BCUT2D eigenvalue weighted by molar-refractivity contribution is 0.188. The topological polar surface area (TPSA) is 22.9 Å². The number of rotatable bonds is 3. The van der Waals surface area contributed by atoms with Crippen LogP contribution in [0.15, 0.2) is 114 Å². The number of furan rings is 1. The second-order valence-corrected chi connectivity index (χ2v) is 29.3. The largest absolute Gasteiger partial charge is 0.468 e. The molecule has 75 heavy (non-hydrogen) atoms. The van der Waals surface area contributed by atoms with Crippen LogP contribution in [0.2, 0.25) is 0 Å². The molecule has 4 nitrogen and oxygen atoms in total. The van der Waals surface area contributed by atoms with Crippen LogP contribution in [0.1, 0.15) is 200 Å². The molecular weight excluding hydrogens is 910 g/mol. The minimum absolute atomic E-state index is 0.00562. The molecule has 7 aromatic rings. The number of nitrogens with zero attached hydrogens (tertiary/aromatic N) is 3. The van der Waals surface area contributed by atoms with E-state index in [1.165, 1.54) is 140 Å².